The minimum atomic E-state index is 0.711. The third-order valence-corrected chi connectivity index (χ3v) is 4.93. The second kappa shape index (κ2) is 14.8. The summed E-state index contributed by atoms with van der Waals surface area (Å²) in [7, 11) is 2.13. The predicted molar refractivity (Wildman–Crippen MR) is 104 cm³/mol. The maximum atomic E-state index is 3.51. The zero-order chi connectivity index (χ0) is 16.6. The van der Waals surface area contributed by atoms with E-state index in [0.717, 1.165) is 0 Å². The standard InChI is InChI=1S/C22H39N/c1-3-4-5-6-7-8-9-10-14-19-22(23-2)20-15-18-21-16-12-11-13-17-21/h11-13,16-17,22-23H,3-10,14-15,18-20H2,1-2H3. The van der Waals surface area contributed by atoms with Crippen molar-refractivity contribution in [1.29, 1.82) is 0 Å². The number of aryl methyl sites for hydroxylation is 1. The minimum absolute atomic E-state index is 0.711. The van der Waals surface area contributed by atoms with E-state index in [9.17, 15) is 0 Å². The summed E-state index contributed by atoms with van der Waals surface area (Å²) >= 11 is 0. The van der Waals surface area contributed by atoms with Gasteiger partial charge < -0.3 is 5.32 Å². The van der Waals surface area contributed by atoms with Crippen LogP contribution in [0.25, 0.3) is 0 Å². The monoisotopic (exact) mass is 317 g/mol. The van der Waals surface area contributed by atoms with E-state index in [2.05, 4.69) is 49.6 Å². The molecule has 0 aromatic heterocycles. The molecule has 0 fully saturated rings. The summed E-state index contributed by atoms with van der Waals surface area (Å²) in [4.78, 5) is 0. The first-order chi connectivity index (χ1) is 11.4. The molecular weight excluding hydrogens is 278 g/mol. The summed E-state index contributed by atoms with van der Waals surface area (Å²) in [6, 6.07) is 11.6. The highest BCUT2D eigenvalue weighted by Crippen LogP contribution is 2.14. The molecule has 0 saturated carbocycles. The Bertz CT molecular complexity index is 346. The van der Waals surface area contributed by atoms with Crippen LogP contribution in [-0.4, -0.2) is 13.1 Å². The molecule has 1 N–H and O–H groups in total. The van der Waals surface area contributed by atoms with Crippen molar-refractivity contribution in [2.75, 3.05) is 7.05 Å². The summed E-state index contributed by atoms with van der Waals surface area (Å²) in [5, 5.41) is 3.51. The molecule has 1 aromatic carbocycles. The van der Waals surface area contributed by atoms with Crippen molar-refractivity contribution >= 4 is 0 Å². The van der Waals surface area contributed by atoms with Crippen molar-refractivity contribution < 1.29 is 0 Å². The van der Waals surface area contributed by atoms with Gasteiger partial charge in [0.15, 0.2) is 0 Å². The van der Waals surface area contributed by atoms with E-state index in [1.54, 1.807) is 0 Å². The number of unbranched alkanes of at least 4 members (excludes halogenated alkanes) is 8. The van der Waals surface area contributed by atoms with Crippen molar-refractivity contribution in [2.45, 2.75) is 96.4 Å². The highest BCUT2D eigenvalue weighted by Gasteiger charge is 2.05. The average molecular weight is 318 g/mol. The summed E-state index contributed by atoms with van der Waals surface area (Å²) in [5.41, 5.74) is 1.48. The Hall–Kier alpha value is -0.820. The Kier molecular flexibility index (Phi) is 13.0. The highest BCUT2D eigenvalue weighted by atomic mass is 14.9. The number of nitrogens with one attached hydrogen (secondary N) is 1. The Morgan fingerprint density at radius 1 is 0.739 bits per heavy atom. The lowest BCUT2D eigenvalue weighted by atomic mass is 9.99. The van der Waals surface area contributed by atoms with Crippen molar-refractivity contribution in [3.63, 3.8) is 0 Å². The van der Waals surface area contributed by atoms with Gasteiger partial charge in [-0.15, -0.1) is 0 Å². The van der Waals surface area contributed by atoms with Gasteiger partial charge in [0, 0.05) is 6.04 Å². The van der Waals surface area contributed by atoms with Crippen LogP contribution in [0.4, 0.5) is 0 Å². The van der Waals surface area contributed by atoms with Gasteiger partial charge in [-0.1, -0.05) is 95.0 Å². The van der Waals surface area contributed by atoms with Crippen LogP contribution in [0.5, 0.6) is 0 Å². The SMILES string of the molecule is CCCCCCCCCCCC(CCCc1ccccc1)NC. The Morgan fingerprint density at radius 2 is 1.30 bits per heavy atom. The number of hydrogen-bond donors (Lipinski definition) is 1. The quantitative estimate of drug-likeness (QED) is 0.363. The summed E-state index contributed by atoms with van der Waals surface area (Å²) in [6.07, 6.45) is 18.0. The van der Waals surface area contributed by atoms with Gasteiger partial charge in [-0.3, -0.25) is 0 Å². The molecule has 0 spiro atoms. The van der Waals surface area contributed by atoms with Crippen LogP contribution in [0, 0.1) is 0 Å². The molecule has 1 heteroatoms. The van der Waals surface area contributed by atoms with Gasteiger partial charge in [0.2, 0.25) is 0 Å². The minimum Gasteiger partial charge on any atom is -0.317 e. The molecule has 0 bridgehead atoms. The molecule has 0 aliphatic rings. The van der Waals surface area contributed by atoms with Crippen molar-refractivity contribution in [3.05, 3.63) is 35.9 Å². The van der Waals surface area contributed by atoms with Gasteiger partial charge in [0.1, 0.15) is 0 Å². The average Bonchev–Trinajstić information content (AvgIpc) is 2.59. The molecule has 0 amide bonds. The Morgan fingerprint density at radius 3 is 1.91 bits per heavy atom. The number of benzene rings is 1. The number of hydrogen-bond acceptors (Lipinski definition) is 1. The van der Waals surface area contributed by atoms with Crippen molar-refractivity contribution in [2.24, 2.45) is 0 Å². The molecule has 0 aliphatic carbocycles. The lowest BCUT2D eigenvalue weighted by Crippen LogP contribution is -2.25. The van der Waals surface area contributed by atoms with E-state index < -0.39 is 0 Å². The molecule has 1 atom stereocenters. The topological polar surface area (TPSA) is 12.0 Å². The van der Waals surface area contributed by atoms with E-state index in [1.807, 2.05) is 0 Å². The second-order valence-corrected chi connectivity index (χ2v) is 6.98. The lowest BCUT2D eigenvalue weighted by Gasteiger charge is -2.16. The van der Waals surface area contributed by atoms with Crippen LogP contribution in [-0.2, 0) is 6.42 Å². The summed E-state index contributed by atoms with van der Waals surface area (Å²) in [5.74, 6) is 0. The maximum absolute atomic E-state index is 3.51. The smallest absolute Gasteiger partial charge is 0.00641 e. The molecule has 0 aliphatic heterocycles. The van der Waals surface area contributed by atoms with Crippen LogP contribution in [0.3, 0.4) is 0 Å². The van der Waals surface area contributed by atoms with Gasteiger partial charge in [-0.2, -0.15) is 0 Å². The van der Waals surface area contributed by atoms with Gasteiger partial charge in [-0.25, -0.2) is 0 Å². The molecule has 1 unspecified atom stereocenters. The Labute approximate surface area is 145 Å². The van der Waals surface area contributed by atoms with Crippen molar-refractivity contribution in [1.82, 2.24) is 5.32 Å². The molecule has 132 valence electrons. The van der Waals surface area contributed by atoms with Crippen LogP contribution < -0.4 is 5.32 Å². The molecule has 0 heterocycles. The van der Waals surface area contributed by atoms with E-state index >= 15 is 0 Å². The molecule has 0 radical (unpaired) electrons. The van der Waals surface area contributed by atoms with Crippen LogP contribution >= 0.6 is 0 Å². The third-order valence-electron chi connectivity index (χ3n) is 4.93. The fraction of sp³-hybridized carbons (Fsp3) is 0.727. The summed E-state index contributed by atoms with van der Waals surface area (Å²) in [6.45, 7) is 2.29. The second-order valence-electron chi connectivity index (χ2n) is 6.98. The van der Waals surface area contributed by atoms with Crippen LogP contribution in [0.15, 0.2) is 30.3 Å². The third kappa shape index (κ3) is 11.4. The van der Waals surface area contributed by atoms with Gasteiger partial charge in [0.05, 0.1) is 0 Å². The first-order valence-electron chi connectivity index (χ1n) is 10.1. The molecule has 23 heavy (non-hydrogen) atoms. The summed E-state index contributed by atoms with van der Waals surface area (Å²) < 4.78 is 0. The largest absolute Gasteiger partial charge is 0.317 e. The molecule has 1 aromatic rings. The van der Waals surface area contributed by atoms with Gasteiger partial charge in [0.25, 0.3) is 0 Å². The number of rotatable bonds is 15. The van der Waals surface area contributed by atoms with Crippen LogP contribution in [0.1, 0.15) is 89.5 Å². The zero-order valence-electron chi connectivity index (χ0n) is 15.7. The fourth-order valence-electron chi connectivity index (χ4n) is 3.33. The highest BCUT2D eigenvalue weighted by molar-refractivity contribution is 5.14. The van der Waals surface area contributed by atoms with Crippen molar-refractivity contribution in [3.8, 4) is 0 Å². The Balaban J connectivity index is 1.95. The molecule has 1 nitrogen and oxygen atoms in total. The molecule has 1 rings (SSSR count). The maximum Gasteiger partial charge on any atom is 0.00641 e. The van der Waals surface area contributed by atoms with Gasteiger partial charge >= 0.3 is 0 Å². The molecular formula is C22H39N. The first kappa shape index (κ1) is 20.2. The van der Waals surface area contributed by atoms with E-state index in [1.165, 1.54) is 89.0 Å². The van der Waals surface area contributed by atoms with Crippen LogP contribution in [0.2, 0.25) is 0 Å². The van der Waals surface area contributed by atoms with Gasteiger partial charge in [-0.05, 0) is 38.3 Å². The normalized spacial score (nSPS) is 12.4. The van der Waals surface area contributed by atoms with E-state index in [4.69, 9.17) is 0 Å². The predicted octanol–water partition coefficient (Wildman–Crippen LogP) is 6.52. The fourth-order valence-corrected chi connectivity index (χ4v) is 3.33. The lowest BCUT2D eigenvalue weighted by molar-refractivity contribution is 0.446. The first-order valence-corrected chi connectivity index (χ1v) is 10.1. The van der Waals surface area contributed by atoms with E-state index in [0.29, 0.717) is 6.04 Å². The zero-order valence-corrected chi connectivity index (χ0v) is 15.7. The molecule has 0 saturated heterocycles. The van der Waals surface area contributed by atoms with E-state index in [-0.39, 0.29) is 0 Å².